The molecule has 0 aliphatic carbocycles. The van der Waals surface area contributed by atoms with Crippen molar-refractivity contribution in [2.75, 3.05) is 13.2 Å². The Labute approximate surface area is 99.0 Å². The zero-order valence-corrected chi connectivity index (χ0v) is 9.56. The van der Waals surface area contributed by atoms with Crippen LogP contribution in [0.4, 0.5) is 8.78 Å². The quantitative estimate of drug-likeness (QED) is 0.813. The fraction of sp³-hybridized carbons (Fsp3) is 0.538. The molecular weight excluding hydrogens is 224 g/mol. The van der Waals surface area contributed by atoms with Gasteiger partial charge in [0.1, 0.15) is 5.82 Å². The lowest BCUT2D eigenvalue weighted by atomic mass is 9.97. The molecular formula is C13H15F2NO. The predicted molar refractivity (Wildman–Crippen MR) is 60.2 cm³/mol. The first-order valence-electron chi connectivity index (χ1n) is 6.14. The van der Waals surface area contributed by atoms with Crippen LogP contribution in [0, 0.1) is 11.6 Å². The highest BCUT2D eigenvalue weighted by Gasteiger charge is 2.27. The lowest BCUT2D eigenvalue weighted by Gasteiger charge is -2.22. The Bertz CT molecular complexity index is 442. The van der Waals surface area contributed by atoms with Crippen molar-refractivity contribution < 1.29 is 13.5 Å². The lowest BCUT2D eigenvalue weighted by molar-refractivity contribution is 0.267. The Morgan fingerprint density at radius 1 is 1.29 bits per heavy atom. The molecule has 0 saturated carbocycles. The third-order valence-corrected chi connectivity index (χ3v) is 3.54. The summed E-state index contributed by atoms with van der Waals surface area (Å²) in [6, 6.07) is 1.25. The molecule has 0 bridgehead atoms. The Kier molecular flexibility index (Phi) is 2.74. The van der Waals surface area contributed by atoms with E-state index in [1.807, 2.05) is 0 Å². The highest BCUT2D eigenvalue weighted by Crippen LogP contribution is 2.36. The molecule has 3 rings (SSSR count). The molecule has 1 N–H and O–H groups in total. The molecule has 17 heavy (non-hydrogen) atoms. The van der Waals surface area contributed by atoms with E-state index in [0.717, 1.165) is 25.8 Å². The van der Waals surface area contributed by atoms with E-state index in [2.05, 4.69) is 5.32 Å². The second-order valence-corrected chi connectivity index (χ2v) is 4.67. The summed E-state index contributed by atoms with van der Waals surface area (Å²) in [5.41, 5.74) is 0.879. The van der Waals surface area contributed by atoms with E-state index in [0.29, 0.717) is 24.2 Å². The summed E-state index contributed by atoms with van der Waals surface area (Å²) in [6.07, 6.45) is 3.21. The number of benzene rings is 1. The van der Waals surface area contributed by atoms with Gasteiger partial charge in [-0.15, -0.1) is 0 Å². The van der Waals surface area contributed by atoms with Gasteiger partial charge in [0.15, 0.2) is 11.6 Å². The van der Waals surface area contributed by atoms with Crippen LogP contribution in [0.3, 0.4) is 0 Å². The SMILES string of the molecule is Fc1cc([C@H]2CCCN2)c(F)c2c1OCCC2. The molecule has 2 aliphatic heterocycles. The smallest absolute Gasteiger partial charge is 0.165 e. The van der Waals surface area contributed by atoms with Gasteiger partial charge in [0.05, 0.1) is 6.61 Å². The van der Waals surface area contributed by atoms with Gasteiger partial charge in [-0.25, -0.2) is 8.78 Å². The van der Waals surface area contributed by atoms with Crippen LogP contribution >= 0.6 is 0 Å². The van der Waals surface area contributed by atoms with Crippen LogP contribution in [0.5, 0.6) is 5.75 Å². The van der Waals surface area contributed by atoms with E-state index in [-0.39, 0.29) is 17.6 Å². The standard InChI is InChI=1S/C13H15F2NO/c14-10-7-9(11-4-1-5-16-11)12(15)8-3-2-6-17-13(8)10/h7,11,16H,1-6H2/t11-/m1/s1. The summed E-state index contributed by atoms with van der Waals surface area (Å²) in [4.78, 5) is 0. The normalized spacial score (nSPS) is 23.3. The van der Waals surface area contributed by atoms with Crippen LogP contribution in [0.2, 0.25) is 0 Å². The van der Waals surface area contributed by atoms with Gasteiger partial charge in [0.25, 0.3) is 0 Å². The van der Waals surface area contributed by atoms with E-state index in [1.54, 1.807) is 0 Å². The van der Waals surface area contributed by atoms with E-state index in [1.165, 1.54) is 6.07 Å². The van der Waals surface area contributed by atoms with Crippen LogP contribution in [0.25, 0.3) is 0 Å². The molecule has 92 valence electrons. The summed E-state index contributed by atoms with van der Waals surface area (Å²) in [5.74, 6) is -0.583. The third-order valence-electron chi connectivity index (χ3n) is 3.54. The topological polar surface area (TPSA) is 21.3 Å². The van der Waals surface area contributed by atoms with Crippen molar-refractivity contribution in [2.24, 2.45) is 0 Å². The van der Waals surface area contributed by atoms with Gasteiger partial charge in [0, 0.05) is 17.2 Å². The van der Waals surface area contributed by atoms with Crippen molar-refractivity contribution in [1.29, 1.82) is 0 Å². The molecule has 0 amide bonds. The van der Waals surface area contributed by atoms with Crippen LogP contribution in [-0.2, 0) is 6.42 Å². The highest BCUT2D eigenvalue weighted by molar-refractivity contribution is 5.42. The minimum atomic E-state index is -0.426. The molecule has 0 unspecified atom stereocenters. The van der Waals surface area contributed by atoms with E-state index < -0.39 is 5.82 Å². The molecule has 2 aliphatic rings. The molecule has 1 fully saturated rings. The van der Waals surface area contributed by atoms with Gasteiger partial charge in [-0.05, 0) is 38.3 Å². The molecule has 1 saturated heterocycles. The van der Waals surface area contributed by atoms with Gasteiger partial charge in [-0.1, -0.05) is 0 Å². The first kappa shape index (κ1) is 11.0. The van der Waals surface area contributed by atoms with E-state index in [9.17, 15) is 8.78 Å². The van der Waals surface area contributed by atoms with Crippen LogP contribution in [-0.4, -0.2) is 13.2 Å². The maximum Gasteiger partial charge on any atom is 0.165 e. The van der Waals surface area contributed by atoms with Gasteiger partial charge in [-0.3, -0.25) is 0 Å². The summed E-state index contributed by atoms with van der Waals surface area (Å²) in [7, 11) is 0. The van der Waals surface area contributed by atoms with Crippen LogP contribution in [0.1, 0.15) is 36.4 Å². The van der Waals surface area contributed by atoms with Gasteiger partial charge < -0.3 is 10.1 Å². The largest absolute Gasteiger partial charge is 0.490 e. The van der Waals surface area contributed by atoms with Crippen molar-refractivity contribution in [3.8, 4) is 5.75 Å². The molecule has 2 nitrogen and oxygen atoms in total. The Hall–Kier alpha value is -1.16. The fourth-order valence-corrected chi connectivity index (χ4v) is 2.69. The molecule has 0 aromatic heterocycles. The van der Waals surface area contributed by atoms with Gasteiger partial charge in [0.2, 0.25) is 0 Å². The van der Waals surface area contributed by atoms with Crippen molar-refractivity contribution in [3.05, 3.63) is 28.8 Å². The number of rotatable bonds is 1. The number of fused-ring (bicyclic) bond motifs is 1. The average molecular weight is 239 g/mol. The zero-order chi connectivity index (χ0) is 11.8. The monoisotopic (exact) mass is 239 g/mol. The summed E-state index contributed by atoms with van der Waals surface area (Å²) < 4.78 is 33.4. The maximum absolute atomic E-state index is 14.3. The number of hydrogen-bond donors (Lipinski definition) is 1. The summed E-state index contributed by atoms with van der Waals surface area (Å²) in [5, 5.41) is 3.20. The molecule has 4 heteroatoms. The van der Waals surface area contributed by atoms with Crippen molar-refractivity contribution in [3.63, 3.8) is 0 Å². The van der Waals surface area contributed by atoms with Crippen LogP contribution < -0.4 is 10.1 Å². The fourth-order valence-electron chi connectivity index (χ4n) is 2.69. The number of ether oxygens (including phenoxy) is 1. The maximum atomic E-state index is 14.3. The Balaban J connectivity index is 2.07. The van der Waals surface area contributed by atoms with Crippen molar-refractivity contribution in [1.82, 2.24) is 5.32 Å². The second-order valence-electron chi connectivity index (χ2n) is 4.67. The van der Waals surface area contributed by atoms with Crippen LogP contribution in [0.15, 0.2) is 6.07 Å². The van der Waals surface area contributed by atoms with Crippen molar-refractivity contribution >= 4 is 0 Å². The molecule has 1 atom stereocenters. The van der Waals surface area contributed by atoms with E-state index in [4.69, 9.17) is 4.74 Å². The summed E-state index contributed by atoms with van der Waals surface area (Å²) >= 11 is 0. The second kappa shape index (κ2) is 4.26. The van der Waals surface area contributed by atoms with E-state index >= 15 is 0 Å². The number of nitrogens with one attached hydrogen (secondary N) is 1. The molecule has 1 aromatic rings. The summed E-state index contributed by atoms with van der Waals surface area (Å²) in [6.45, 7) is 1.35. The number of halogens is 2. The molecule has 0 spiro atoms. The lowest BCUT2D eigenvalue weighted by Crippen LogP contribution is -2.18. The predicted octanol–water partition coefficient (Wildman–Crippen LogP) is 2.71. The number of hydrogen-bond acceptors (Lipinski definition) is 2. The van der Waals surface area contributed by atoms with Gasteiger partial charge in [-0.2, -0.15) is 0 Å². The first-order valence-corrected chi connectivity index (χ1v) is 6.14. The molecule has 1 aromatic carbocycles. The molecule has 0 radical (unpaired) electrons. The first-order chi connectivity index (χ1) is 8.27. The molecule has 2 heterocycles. The van der Waals surface area contributed by atoms with Crippen molar-refractivity contribution in [2.45, 2.75) is 31.7 Å². The highest BCUT2D eigenvalue weighted by atomic mass is 19.1. The average Bonchev–Trinajstić information content (AvgIpc) is 2.87. The Morgan fingerprint density at radius 3 is 2.94 bits per heavy atom. The minimum Gasteiger partial charge on any atom is -0.490 e. The van der Waals surface area contributed by atoms with Gasteiger partial charge >= 0.3 is 0 Å². The minimum absolute atomic E-state index is 0.0447. The third kappa shape index (κ3) is 1.80. The zero-order valence-electron chi connectivity index (χ0n) is 9.56. The Morgan fingerprint density at radius 2 is 2.18 bits per heavy atom.